The number of sulfone groups is 1. The first-order chi connectivity index (χ1) is 4.99. The van der Waals surface area contributed by atoms with Crippen molar-refractivity contribution >= 4 is 15.7 Å². The number of carbonyl (C=O) groups excluding carboxylic acids is 1. The predicted molar refractivity (Wildman–Crippen MR) is 40.6 cm³/mol. The summed E-state index contributed by atoms with van der Waals surface area (Å²) < 4.78 is 21.7. The molecule has 5 heteroatoms. The Hall–Kier alpha value is -0.580. The highest BCUT2D eigenvalue weighted by Gasteiger charge is 2.28. The Morgan fingerprint density at radius 2 is 2.18 bits per heavy atom. The molecule has 1 amide bonds. The average molecular weight is 177 g/mol. The minimum atomic E-state index is -2.85. The van der Waals surface area contributed by atoms with Crippen molar-refractivity contribution in [2.45, 2.75) is 12.8 Å². The van der Waals surface area contributed by atoms with Gasteiger partial charge in [-0.1, -0.05) is 0 Å². The molecule has 1 fully saturated rings. The largest absolute Gasteiger partial charge is 0.370 e. The van der Waals surface area contributed by atoms with Crippen LogP contribution in [0, 0.1) is 5.92 Å². The van der Waals surface area contributed by atoms with Gasteiger partial charge in [0.15, 0.2) is 9.84 Å². The van der Waals surface area contributed by atoms with Crippen molar-refractivity contribution in [3.05, 3.63) is 0 Å². The van der Waals surface area contributed by atoms with E-state index < -0.39 is 15.7 Å². The molecule has 1 atom stereocenters. The quantitative estimate of drug-likeness (QED) is 0.605. The molecule has 1 rings (SSSR count). The number of rotatable bonds is 2. The van der Waals surface area contributed by atoms with Crippen LogP contribution in [0.15, 0.2) is 0 Å². The molecule has 0 aliphatic carbocycles. The lowest BCUT2D eigenvalue weighted by molar-refractivity contribution is -0.118. The molecule has 0 unspecified atom stereocenters. The molecule has 0 aromatic carbocycles. The lowest BCUT2D eigenvalue weighted by Crippen LogP contribution is -2.17. The summed E-state index contributed by atoms with van der Waals surface area (Å²) in [6.07, 6.45) is 0.796. The predicted octanol–water partition coefficient (Wildman–Crippen LogP) is -0.704. The van der Waals surface area contributed by atoms with Gasteiger partial charge in [-0.05, 0) is 12.3 Å². The molecule has 1 heterocycles. The fourth-order valence-corrected chi connectivity index (χ4v) is 3.18. The maximum atomic E-state index is 10.9. The van der Waals surface area contributed by atoms with E-state index in [2.05, 4.69) is 0 Å². The van der Waals surface area contributed by atoms with E-state index in [9.17, 15) is 13.2 Å². The van der Waals surface area contributed by atoms with Gasteiger partial charge in [0.25, 0.3) is 0 Å². The summed E-state index contributed by atoms with van der Waals surface area (Å²) >= 11 is 0. The maximum absolute atomic E-state index is 10.9. The summed E-state index contributed by atoms with van der Waals surface area (Å²) in [4.78, 5) is 10.4. The van der Waals surface area contributed by atoms with Gasteiger partial charge in [-0.3, -0.25) is 4.79 Å². The van der Waals surface area contributed by atoms with Gasteiger partial charge in [-0.25, -0.2) is 8.42 Å². The van der Waals surface area contributed by atoms with Gasteiger partial charge < -0.3 is 5.73 Å². The van der Waals surface area contributed by atoms with Crippen LogP contribution in [0.4, 0.5) is 0 Å². The standard InChI is InChI=1S/C6H11NO3S/c7-6(8)3-5-1-2-11(9,10)4-5/h5H,1-4H2,(H2,7,8)/t5-/m1/s1. The highest BCUT2D eigenvalue weighted by atomic mass is 32.2. The van der Waals surface area contributed by atoms with Gasteiger partial charge >= 0.3 is 0 Å². The van der Waals surface area contributed by atoms with E-state index in [1.165, 1.54) is 0 Å². The van der Waals surface area contributed by atoms with Crippen molar-refractivity contribution in [1.29, 1.82) is 0 Å². The second kappa shape index (κ2) is 2.81. The first kappa shape index (κ1) is 8.52. The number of hydrogen-bond acceptors (Lipinski definition) is 3. The van der Waals surface area contributed by atoms with Crippen molar-refractivity contribution < 1.29 is 13.2 Å². The van der Waals surface area contributed by atoms with E-state index in [1.54, 1.807) is 0 Å². The Bertz CT molecular complexity index is 257. The molecule has 0 bridgehead atoms. The molecule has 11 heavy (non-hydrogen) atoms. The van der Waals surface area contributed by atoms with E-state index in [4.69, 9.17) is 5.73 Å². The maximum Gasteiger partial charge on any atom is 0.217 e. The molecule has 0 saturated carbocycles. The molecule has 1 saturated heterocycles. The smallest absolute Gasteiger partial charge is 0.217 e. The van der Waals surface area contributed by atoms with Crippen LogP contribution in [0.3, 0.4) is 0 Å². The first-order valence-corrected chi connectivity index (χ1v) is 5.30. The van der Waals surface area contributed by atoms with E-state index in [-0.39, 0.29) is 23.8 Å². The topological polar surface area (TPSA) is 77.2 Å². The first-order valence-electron chi connectivity index (χ1n) is 3.48. The fourth-order valence-electron chi connectivity index (χ4n) is 1.32. The zero-order valence-electron chi connectivity index (χ0n) is 6.12. The lowest BCUT2D eigenvalue weighted by Gasteiger charge is -2.01. The summed E-state index contributed by atoms with van der Waals surface area (Å²) in [5.74, 6) is -0.0921. The van der Waals surface area contributed by atoms with Gasteiger partial charge in [0.05, 0.1) is 11.5 Å². The highest BCUT2D eigenvalue weighted by molar-refractivity contribution is 7.91. The van der Waals surface area contributed by atoms with Crippen LogP contribution in [0.5, 0.6) is 0 Å². The van der Waals surface area contributed by atoms with Crippen LogP contribution in [0.1, 0.15) is 12.8 Å². The third-order valence-electron chi connectivity index (χ3n) is 1.82. The normalized spacial score (nSPS) is 28.5. The molecule has 0 radical (unpaired) electrons. The summed E-state index contributed by atoms with van der Waals surface area (Å²) in [6, 6.07) is 0. The van der Waals surface area contributed by atoms with E-state index >= 15 is 0 Å². The van der Waals surface area contributed by atoms with Gasteiger partial charge in [-0.15, -0.1) is 0 Å². The summed E-state index contributed by atoms with van der Waals surface area (Å²) in [5.41, 5.74) is 4.93. The number of carbonyl (C=O) groups is 1. The molecular weight excluding hydrogens is 166 g/mol. The Labute approximate surface area is 65.7 Å². The number of nitrogens with two attached hydrogens (primary N) is 1. The monoisotopic (exact) mass is 177 g/mol. The molecule has 1 aliphatic rings. The van der Waals surface area contributed by atoms with Crippen LogP contribution in [-0.4, -0.2) is 25.8 Å². The third kappa shape index (κ3) is 2.49. The summed E-state index contributed by atoms with van der Waals surface area (Å²) in [6.45, 7) is 0. The van der Waals surface area contributed by atoms with Gasteiger partial charge in [0.1, 0.15) is 0 Å². The van der Waals surface area contributed by atoms with Crippen LogP contribution < -0.4 is 5.73 Å². The van der Waals surface area contributed by atoms with E-state index in [0.717, 1.165) is 0 Å². The Kier molecular flexibility index (Phi) is 2.17. The molecule has 0 aromatic heterocycles. The average Bonchev–Trinajstić information content (AvgIpc) is 2.08. The Balaban J connectivity index is 2.49. The molecule has 1 aliphatic heterocycles. The Morgan fingerprint density at radius 1 is 1.55 bits per heavy atom. The molecule has 0 spiro atoms. The van der Waals surface area contributed by atoms with Crippen molar-refractivity contribution in [2.75, 3.05) is 11.5 Å². The molecule has 64 valence electrons. The lowest BCUT2D eigenvalue weighted by atomic mass is 10.1. The molecule has 0 aromatic rings. The molecular formula is C6H11NO3S. The highest BCUT2D eigenvalue weighted by Crippen LogP contribution is 2.20. The van der Waals surface area contributed by atoms with E-state index in [1.807, 2.05) is 0 Å². The number of primary amides is 1. The van der Waals surface area contributed by atoms with Crippen molar-refractivity contribution in [1.82, 2.24) is 0 Å². The van der Waals surface area contributed by atoms with Crippen LogP contribution >= 0.6 is 0 Å². The van der Waals surface area contributed by atoms with Crippen molar-refractivity contribution in [3.63, 3.8) is 0 Å². The number of hydrogen-bond donors (Lipinski definition) is 1. The summed E-state index contributed by atoms with van der Waals surface area (Å²) in [7, 11) is -2.85. The SMILES string of the molecule is NC(=O)C[C@H]1CCS(=O)(=O)C1. The number of amides is 1. The zero-order valence-corrected chi connectivity index (χ0v) is 6.93. The zero-order chi connectivity index (χ0) is 8.48. The van der Waals surface area contributed by atoms with Crippen LogP contribution in [-0.2, 0) is 14.6 Å². The van der Waals surface area contributed by atoms with E-state index in [0.29, 0.717) is 6.42 Å². The minimum absolute atomic E-state index is 0.0301. The minimum Gasteiger partial charge on any atom is -0.370 e. The van der Waals surface area contributed by atoms with Crippen LogP contribution in [0.25, 0.3) is 0 Å². The second-order valence-electron chi connectivity index (χ2n) is 2.94. The third-order valence-corrected chi connectivity index (χ3v) is 3.65. The van der Waals surface area contributed by atoms with Crippen molar-refractivity contribution in [2.24, 2.45) is 11.7 Å². The van der Waals surface area contributed by atoms with Gasteiger partial charge in [0, 0.05) is 6.42 Å². The fraction of sp³-hybridized carbons (Fsp3) is 0.833. The van der Waals surface area contributed by atoms with Crippen LogP contribution in [0.2, 0.25) is 0 Å². The second-order valence-corrected chi connectivity index (χ2v) is 5.17. The molecule has 4 nitrogen and oxygen atoms in total. The van der Waals surface area contributed by atoms with Crippen molar-refractivity contribution in [3.8, 4) is 0 Å². The Morgan fingerprint density at radius 3 is 2.55 bits per heavy atom. The van der Waals surface area contributed by atoms with Gasteiger partial charge in [0.2, 0.25) is 5.91 Å². The van der Waals surface area contributed by atoms with Gasteiger partial charge in [-0.2, -0.15) is 0 Å². The summed E-state index contributed by atoms with van der Waals surface area (Å²) in [5, 5.41) is 0. The molecule has 2 N–H and O–H groups in total.